The molecule has 1 rings (SSSR count). The van der Waals surface area contributed by atoms with Crippen molar-refractivity contribution in [2.45, 2.75) is 6.61 Å². The lowest BCUT2D eigenvalue weighted by molar-refractivity contribution is -0.0529. The summed E-state index contributed by atoms with van der Waals surface area (Å²) in [5, 5.41) is 6.91. The van der Waals surface area contributed by atoms with E-state index < -0.39 is 6.61 Å². The first-order valence-corrected chi connectivity index (χ1v) is 3.14. The van der Waals surface area contributed by atoms with E-state index in [1.54, 1.807) is 0 Å². The highest BCUT2D eigenvalue weighted by Crippen LogP contribution is 2.13. The number of ether oxygens (including phenoxy) is 1. The minimum atomic E-state index is -2.86. The monoisotopic (exact) mass is 178 g/mol. The molecule has 6 heteroatoms. The first-order valence-electron chi connectivity index (χ1n) is 2.67. The van der Waals surface area contributed by atoms with Gasteiger partial charge in [0.2, 0.25) is 5.88 Å². The van der Waals surface area contributed by atoms with Crippen LogP contribution in [-0.4, -0.2) is 22.2 Å². The second-order valence-corrected chi connectivity index (χ2v) is 1.89. The van der Waals surface area contributed by atoms with Crippen LogP contribution in [0, 0.1) is 0 Å². The SMILES string of the molecule is FC(F)Oc1[nH]ncc1C=S. The molecule has 0 aromatic carbocycles. The summed E-state index contributed by atoms with van der Waals surface area (Å²) in [5.74, 6) is -0.102. The topological polar surface area (TPSA) is 37.9 Å². The summed E-state index contributed by atoms with van der Waals surface area (Å²) < 4.78 is 27.2. The lowest BCUT2D eigenvalue weighted by Gasteiger charge is -1.99. The number of alkyl halides is 2. The van der Waals surface area contributed by atoms with Crippen LogP contribution in [0.3, 0.4) is 0 Å². The lowest BCUT2D eigenvalue weighted by Crippen LogP contribution is -2.03. The Morgan fingerprint density at radius 3 is 3.00 bits per heavy atom. The molecule has 11 heavy (non-hydrogen) atoms. The van der Waals surface area contributed by atoms with E-state index in [2.05, 4.69) is 27.2 Å². The molecule has 0 aliphatic carbocycles. The van der Waals surface area contributed by atoms with Gasteiger partial charge in [-0.05, 0) is 0 Å². The quantitative estimate of drug-likeness (QED) is 0.710. The average molecular weight is 178 g/mol. The molecule has 0 fully saturated rings. The Kier molecular flexibility index (Phi) is 2.48. The van der Waals surface area contributed by atoms with Crippen LogP contribution in [0.25, 0.3) is 0 Å². The fraction of sp³-hybridized carbons (Fsp3) is 0.200. The molecular formula is C5H4F2N2OS. The van der Waals surface area contributed by atoms with Gasteiger partial charge < -0.3 is 4.74 Å². The number of halogens is 2. The van der Waals surface area contributed by atoms with Crippen LogP contribution in [-0.2, 0) is 0 Å². The number of H-pyrrole nitrogens is 1. The number of rotatable bonds is 3. The molecule has 0 saturated carbocycles. The van der Waals surface area contributed by atoms with Gasteiger partial charge in [0.15, 0.2) is 0 Å². The van der Waals surface area contributed by atoms with E-state index in [4.69, 9.17) is 0 Å². The summed E-state index contributed by atoms with van der Waals surface area (Å²) in [6.45, 7) is -2.86. The van der Waals surface area contributed by atoms with Gasteiger partial charge in [0.25, 0.3) is 0 Å². The lowest BCUT2D eigenvalue weighted by atomic mass is 10.4. The van der Waals surface area contributed by atoms with Crippen molar-refractivity contribution in [2.24, 2.45) is 0 Å². The van der Waals surface area contributed by atoms with Crippen LogP contribution >= 0.6 is 12.2 Å². The maximum Gasteiger partial charge on any atom is 0.388 e. The Labute approximate surface area is 66.4 Å². The molecule has 1 aromatic rings. The Morgan fingerprint density at radius 2 is 2.45 bits per heavy atom. The van der Waals surface area contributed by atoms with Gasteiger partial charge in [0.1, 0.15) is 0 Å². The molecule has 0 aliphatic heterocycles. The van der Waals surface area contributed by atoms with Crippen molar-refractivity contribution in [3.63, 3.8) is 0 Å². The second kappa shape index (κ2) is 3.38. The third-order valence-electron chi connectivity index (χ3n) is 0.966. The van der Waals surface area contributed by atoms with E-state index in [9.17, 15) is 8.78 Å². The molecule has 1 N–H and O–H groups in total. The number of nitrogens with one attached hydrogen (secondary N) is 1. The highest BCUT2D eigenvalue weighted by atomic mass is 32.1. The van der Waals surface area contributed by atoms with Crippen LogP contribution in [0.2, 0.25) is 0 Å². The van der Waals surface area contributed by atoms with Gasteiger partial charge >= 0.3 is 6.61 Å². The van der Waals surface area contributed by atoms with E-state index in [0.29, 0.717) is 5.56 Å². The van der Waals surface area contributed by atoms with Crippen LogP contribution in [0.4, 0.5) is 8.78 Å². The fourth-order valence-electron chi connectivity index (χ4n) is 0.551. The van der Waals surface area contributed by atoms with E-state index >= 15 is 0 Å². The van der Waals surface area contributed by atoms with Gasteiger partial charge in [-0.25, -0.2) is 5.10 Å². The Balaban J connectivity index is 2.76. The molecule has 0 radical (unpaired) electrons. The van der Waals surface area contributed by atoms with Crippen molar-refractivity contribution in [3.05, 3.63) is 11.8 Å². The smallest absolute Gasteiger partial charge is 0.388 e. The average Bonchev–Trinajstić information content (AvgIpc) is 2.34. The Bertz CT molecular complexity index is 250. The molecule has 0 saturated heterocycles. The number of hydrogen-bond acceptors (Lipinski definition) is 3. The largest absolute Gasteiger partial charge is 0.417 e. The fourth-order valence-corrected chi connectivity index (χ4v) is 0.719. The molecule has 3 nitrogen and oxygen atoms in total. The number of hydrogen-bond donors (Lipinski definition) is 1. The number of aromatic nitrogens is 2. The Morgan fingerprint density at radius 1 is 1.73 bits per heavy atom. The van der Waals surface area contributed by atoms with Gasteiger partial charge in [0.05, 0.1) is 11.8 Å². The van der Waals surface area contributed by atoms with Crippen LogP contribution in [0.1, 0.15) is 5.56 Å². The number of aromatic amines is 1. The summed E-state index contributed by atoms with van der Waals surface area (Å²) in [6, 6.07) is 0. The molecule has 0 bridgehead atoms. The summed E-state index contributed by atoms with van der Waals surface area (Å²) >= 11 is 4.50. The summed E-state index contributed by atoms with van der Waals surface area (Å²) in [6.07, 6.45) is 1.31. The molecule has 1 heterocycles. The van der Waals surface area contributed by atoms with E-state index in [1.165, 1.54) is 11.6 Å². The van der Waals surface area contributed by atoms with Crippen molar-refractivity contribution >= 4 is 17.6 Å². The molecule has 1 aromatic heterocycles. The van der Waals surface area contributed by atoms with E-state index in [0.717, 1.165) is 0 Å². The minimum Gasteiger partial charge on any atom is -0.417 e. The molecule has 0 aliphatic rings. The molecule has 0 unspecified atom stereocenters. The van der Waals surface area contributed by atoms with Crippen molar-refractivity contribution in [1.82, 2.24) is 10.2 Å². The predicted molar refractivity (Wildman–Crippen MR) is 38.0 cm³/mol. The summed E-state index contributed by atoms with van der Waals surface area (Å²) in [7, 11) is 0. The maximum absolute atomic E-state index is 11.6. The maximum atomic E-state index is 11.6. The van der Waals surface area contributed by atoms with Crippen molar-refractivity contribution < 1.29 is 13.5 Å². The Hall–Kier alpha value is -1.04. The highest BCUT2D eigenvalue weighted by Gasteiger charge is 2.08. The van der Waals surface area contributed by atoms with Gasteiger partial charge in [-0.1, -0.05) is 12.2 Å². The minimum absolute atomic E-state index is 0.102. The van der Waals surface area contributed by atoms with Gasteiger partial charge in [0, 0.05) is 5.37 Å². The molecule has 60 valence electrons. The molecule has 0 spiro atoms. The third-order valence-corrected chi connectivity index (χ3v) is 1.22. The van der Waals surface area contributed by atoms with Crippen molar-refractivity contribution in [2.75, 3.05) is 0 Å². The first kappa shape index (κ1) is 8.06. The number of thiocarbonyl (C=S) groups is 1. The van der Waals surface area contributed by atoms with Crippen molar-refractivity contribution in [1.29, 1.82) is 0 Å². The van der Waals surface area contributed by atoms with Crippen LogP contribution < -0.4 is 4.74 Å². The van der Waals surface area contributed by atoms with Gasteiger partial charge in [-0.3, -0.25) is 0 Å². The zero-order valence-electron chi connectivity index (χ0n) is 5.25. The van der Waals surface area contributed by atoms with Gasteiger partial charge in [-0.15, -0.1) is 0 Å². The molecule has 0 atom stereocenters. The standard InChI is InChI=1S/C5H4F2N2OS/c6-5(7)10-4-3(2-11)1-8-9-4/h1-2,5H,(H,8,9). The normalized spacial score (nSPS) is 10.1. The summed E-state index contributed by atoms with van der Waals surface area (Å²) in [4.78, 5) is 0. The van der Waals surface area contributed by atoms with Gasteiger partial charge in [-0.2, -0.15) is 13.9 Å². The molecular weight excluding hydrogens is 174 g/mol. The first-order chi connectivity index (χ1) is 5.24. The van der Waals surface area contributed by atoms with Crippen LogP contribution in [0.15, 0.2) is 6.20 Å². The zero-order valence-corrected chi connectivity index (χ0v) is 6.07. The predicted octanol–water partition coefficient (Wildman–Crippen LogP) is 1.36. The summed E-state index contributed by atoms with van der Waals surface area (Å²) in [5.41, 5.74) is 0.348. The third kappa shape index (κ3) is 1.94. The van der Waals surface area contributed by atoms with E-state index in [1.807, 2.05) is 0 Å². The highest BCUT2D eigenvalue weighted by molar-refractivity contribution is 7.79. The number of nitrogens with zero attached hydrogens (tertiary/aromatic N) is 1. The molecule has 0 amide bonds. The van der Waals surface area contributed by atoms with E-state index in [-0.39, 0.29) is 5.88 Å². The van der Waals surface area contributed by atoms with Crippen LogP contribution in [0.5, 0.6) is 5.88 Å². The van der Waals surface area contributed by atoms with Crippen molar-refractivity contribution in [3.8, 4) is 5.88 Å². The second-order valence-electron chi connectivity index (χ2n) is 1.65. The zero-order chi connectivity index (χ0) is 8.27.